The zero-order valence-corrected chi connectivity index (χ0v) is 13.7. The Morgan fingerprint density at radius 3 is 2.81 bits per heavy atom. The predicted molar refractivity (Wildman–Crippen MR) is 88.0 cm³/mol. The average Bonchev–Trinajstić information content (AvgIpc) is 2.47. The Balaban J connectivity index is 1.90. The van der Waals surface area contributed by atoms with Gasteiger partial charge >= 0.3 is 0 Å². The quantitative estimate of drug-likeness (QED) is 0.805. The first-order valence-electron chi connectivity index (χ1n) is 7.47. The topological polar surface area (TPSA) is 12.0 Å². The summed E-state index contributed by atoms with van der Waals surface area (Å²) < 4.78 is 14.0. The molecule has 0 aromatic heterocycles. The number of nitrogens with one attached hydrogen (secondary N) is 1. The first kappa shape index (κ1) is 14.7. The lowest BCUT2D eigenvalue weighted by Gasteiger charge is -2.37. The number of halogens is 2. The first-order chi connectivity index (χ1) is 10.2. The third kappa shape index (κ3) is 2.90. The SMILES string of the molecule is CCCNC(c1ccc(F)c(Br)c1)C1Cc2ccccc21. The van der Waals surface area contributed by atoms with Gasteiger partial charge in [0.1, 0.15) is 5.82 Å². The molecule has 1 N–H and O–H groups in total. The molecule has 3 heteroatoms. The van der Waals surface area contributed by atoms with Crippen molar-refractivity contribution in [2.24, 2.45) is 0 Å². The lowest BCUT2D eigenvalue weighted by Crippen LogP contribution is -2.33. The summed E-state index contributed by atoms with van der Waals surface area (Å²) in [6.07, 6.45) is 2.18. The maximum Gasteiger partial charge on any atom is 0.137 e. The van der Waals surface area contributed by atoms with Gasteiger partial charge < -0.3 is 5.32 Å². The van der Waals surface area contributed by atoms with Gasteiger partial charge in [0.25, 0.3) is 0 Å². The van der Waals surface area contributed by atoms with Crippen molar-refractivity contribution in [2.45, 2.75) is 31.7 Å². The van der Waals surface area contributed by atoms with E-state index in [1.165, 1.54) is 11.1 Å². The molecule has 1 aliphatic carbocycles. The number of rotatable bonds is 5. The maximum absolute atomic E-state index is 13.5. The van der Waals surface area contributed by atoms with E-state index in [1.807, 2.05) is 12.1 Å². The highest BCUT2D eigenvalue weighted by atomic mass is 79.9. The van der Waals surface area contributed by atoms with Crippen molar-refractivity contribution >= 4 is 15.9 Å². The second kappa shape index (κ2) is 6.29. The second-order valence-electron chi connectivity index (χ2n) is 5.61. The largest absolute Gasteiger partial charge is 0.309 e. The molecular weight excluding hydrogens is 329 g/mol. The number of hydrogen-bond donors (Lipinski definition) is 1. The zero-order valence-electron chi connectivity index (χ0n) is 12.1. The number of hydrogen-bond acceptors (Lipinski definition) is 1. The molecule has 1 nitrogen and oxygen atoms in total. The van der Waals surface area contributed by atoms with Gasteiger partial charge in [-0.25, -0.2) is 4.39 Å². The summed E-state index contributed by atoms with van der Waals surface area (Å²) in [5.41, 5.74) is 4.01. The van der Waals surface area contributed by atoms with Crippen LogP contribution in [0.3, 0.4) is 0 Å². The van der Waals surface area contributed by atoms with E-state index in [2.05, 4.69) is 52.4 Å². The Labute approximate surface area is 133 Å². The fourth-order valence-corrected chi connectivity index (χ4v) is 3.49. The van der Waals surface area contributed by atoms with Crippen LogP contribution in [0.25, 0.3) is 0 Å². The van der Waals surface area contributed by atoms with Gasteiger partial charge in [0, 0.05) is 12.0 Å². The normalized spacial score (nSPS) is 18.0. The van der Waals surface area contributed by atoms with Crippen LogP contribution in [-0.2, 0) is 6.42 Å². The molecule has 0 fully saturated rings. The molecule has 21 heavy (non-hydrogen) atoms. The van der Waals surface area contributed by atoms with Gasteiger partial charge in [-0.15, -0.1) is 0 Å². The van der Waals surface area contributed by atoms with Gasteiger partial charge in [-0.3, -0.25) is 0 Å². The summed E-state index contributed by atoms with van der Waals surface area (Å²) in [4.78, 5) is 0. The Morgan fingerprint density at radius 2 is 2.10 bits per heavy atom. The molecule has 0 saturated heterocycles. The van der Waals surface area contributed by atoms with Crippen LogP contribution < -0.4 is 5.32 Å². The van der Waals surface area contributed by atoms with E-state index in [0.717, 1.165) is 24.9 Å². The number of fused-ring (bicyclic) bond motifs is 1. The Kier molecular flexibility index (Phi) is 4.41. The third-order valence-corrected chi connectivity index (χ3v) is 4.82. The third-order valence-electron chi connectivity index (χ3n) is 4.21. The fraction of sp³-hybridized carbons (Fsp3) is 0.333. The van der Waals surface area contributed by atoms with Gasteiger partial charge in [0.15, 0.2) is 0 Å². The molecule has 2 aromatic carbocycles. The van der Waals surface area contributed by atoms with Crippen LogP contribution in [0.15, 0.2) is 46.9 Å². The highest BCUT2D eigenvalue weighted by Crippen LogP contribution is 2.43. The molecule has 2 atom stereocenters. The molecule has 110 valence electrons. The molecule has 0 spiro atoms. The molecule has 0 bridgehead atoms. The number of benzene rings is 2. The summed E-state index contributed by atoms with van der Waals surface area (Å²) in [5, 5.41) is 3.63. The van der Waals surface area contributed by atoms with E-state index in [9.17, 15) is 4.39 Å². The van der Waals surface area contributed by atoms with Crippen molar-refractivity contribution in [3.05, 3.63) is 69.4 Å². The van der Waals surface area contributed by atoms with Crippen molar-refractivity contribution in [3.8, 4) is 0 Å². The highest BCUT2D eigenvalue weighted by Gasteiger charge is 2.33. The van der Waals surface area contributed by atoms with Crippen LogP contribution >= 0.6 is 15.9 Å². The van der Waals surface area contributed by atoms with Crippen molar-refractivity contribution in [2.75, 3.05) is 6.54 Å². The highest BCUT2D eigenvalue weighted by molar-refractivity contribution is 9.10. The zero-order chi connectivity index (χ0) is 14.8. The van der Waals surface area contributed by atoms with Crippen LogP contribution in [0, 0.1) is 5.82 Å². The summed E-state index contributed by atoms with van der Waals surface area (Å²) in [5.74, 6) is 0.270. The van der Waals surface area contributed by atoms with Crippen molar-refractivity contribution in [1.82, 2.24) is 5.32 Å². The van der Waals surface area contributed by atoms with E-state index in [1.54, 1.807) is 6.07 Å². The van der Waals surface area contributed by atoms with E-state index in [4.69, 9.17) is 0 Å². The summed E-state index contributed by atoms with van der Waals surface area (Å²) >= 11 is 3.30. The Hall–Kier alpha value is -1.19. The molecule has 0 heterocycles. The van der Waals surface area contributed by atoms with Crippen molar-refractivity contribution in [1.29, 1.82) is 0 Å². The minimum absolute atomic E-state index is 0.206. The first-order valence-corrected chi connectivity index (χ1v) is 8.26. The van der Waals surface area contributed by atoms with E-state index in [-0.39, 0.29) is 11.9 Å². The predicted octanol–water partition coefficient (Wildman–Crippen LogP) is 4.97. The van der Waals surface area contributed by atoms with Crippen LogP contribution in [0.1, 0.15) is 42.0 Å². The minimum atomic E-state index is -0.206. The van der Waals surface area contributed by atoms with Gasteiger partial charge in [0.05, 0.1) is 4.47 Å². The molecule has 0 saturated carbocycles. The Morgan fingerprint density at radius 1 is 1.29 bits per heavy atom. The molecule has 1 aliphatic rings. The van der Waals surface area contributed by atoms with Gasteiger partial charge in [-0.2, -0.15) is 0 Å². The van der Waals surface area contributed by atoms with Gasteiger partial charge in [-0.1, -0.05) is 37.3 Å². The molecule has 3 rings (SSSR count). The van der Waals surface area contributed by atoms with E-state index in [0.29, 0.717) is 10.4 Å². The van der Waals surface area contributed by atoms with E-state index >= 15 is 0 Å². The van der Waals surface area contributed by atoms with Gasteiger partial charge in [-0.05, 0) is 64.1 Å². The molecule has 2 aromatic rings. The fourth-order valence-electron chi connectivity index (χ4n) is 3.09. The smallest absolute Gasteiger partial charge is 0.137 e. The van der Waals surface area contributed by atoms with Crippen LogP contribution in [0.5, 0.6) is 0 Å². The lowest BCUT2D eigenvalue weighted by molar-refractivity contribution is 0.411. The monoisotopic (exact) mass is 347 g/mol. The summed E-state index contributed by atoms with van der Waals surface area (Å²) in [6.45, 7) is 3.14. The molecular formula is C18H19BrFN. The molecule has 0 amide bonds. The van der Waals surface area contributed by atoms with Crippen LogP contribution in [0.4, 0.5) is 4.39 Å². The lowest BCUT2D eigenvalue weighted by atomic mass is 9.71. The Bertz CT molecular complexity index is 641. The van der Waals surface area contributed by atoms with Crippen LogP contribution in [0.2, 0.25) is 0 Å². The maximum atomic E-state index is 13.5. The van der Waals surface area contributed by atoms with Gasteiger partial charge in [0.2, 0.25) is 0 Å². The minimum Gasteiger partial charge on any atom is -0.309 e. The summed E-state index contributed by atoms with van der Waals surface area (Å²) in [6, 6.07) is 14.2. The average molecular weight is 348 g/mol. The van der Waals surface area contributed by atoms with Crippen LogP contribution in [-0.4, -0.2) is 6.54 Å². The van der Waals surface area contributed by atoms with Crippen molar-refractivity contribution < 1.29 is 4.39 Å². The molecule has 2 unspecified atom stereocenters. The summed E-state index contributed by atoms with van der Waals surface area (Å²) in [7, 11) is 0. The molecule has 0 aliphatic heterocycles. The van der Waals surface area contributed by atoms with E-state index < -0.39 is 0 Å². The molecule has 0 radical (unpaired) electrons. The van der Waals surface area contributed by atoms with Crippen molar-refractivity contribution in [3.63, 3.8) is 0 Å². The second-order valence-corrected chi connectivity index (χ2v) is 6.47. The standard InChI is InChI=1S/C18H19BrFN/c1-2-9-21-18(13-7-8-17(20)16(19)11-13)15-10-12-5-3-4-6-14(12)15/h3-8,11,15,18,21H,2,9-10H2,1H3.